The minimum atomic E-state index is 0.0181. The van der Waals surface area contributed by atoms with Crippen molar-refractivity contribution in [1.29, 1.82) is 0 Å². The van der Waals surface area contributed by atoms with Gasteiger partial charge in [0.15, 0.2) is 5.82 Å². The maximum atomic E-state index is 13.4. The molecule has 2 fully saturated rings. The Hall–Kier alpha value is -3.00. The van der Waals surface area contributed by atoms with Crippen LogP contribution < -0.4 is 0 Å². The van der Waals surface area contributed by atoms with E-state index in [9.17, 15) is 4.79 Å². The van der Waals surface area contributed by atoms with Gasteiger partial charge in [0.05, 0.1) is 12.6 Å². The van der Waals surface area contributed by atoms with Crippen molar-refractivity contribution in [3.05, 3.63) is 65.6 Å². The molecule has 0 bridgehead atoms. The first-order valence-corrected chi connectivity index (χ1v) is 10.5. The molecule has 4 heterocycles. The topological polar surface area (TPSA) is 80.3 Å². The lowest BCUT2D eigenvalue weighted by atomic mass is 9.89. The Morgan fingerprint density at radius 2 is 2.00 bits per heavy atom. The van der Waals surface area contributed by atoms with Gasteiger partial charge in [-0.3, -0.25) is 14.4 Å². The number of likely N-dealkylation sites (tertiary alicyclic amines) is 2. The van der Waals surface area contributed by atoms with E-state index in [1.165, 1.54) is 5.56 Å². The lowest BCUT2D eigenvalue weighted by molar-refractivity contribution is 0.0691. The summed E-state index contributed by atoms with van der Waals surface area (Å²) < 4.78 is 7.11. The minimum Gasteiger partial charge on any atom is -0.338 e. The number of hydrogen-bond donors (Lipinski definition) is 0. The highest BCUT2D eigenvalue weighted by atomic mass is 16.5. The Labute approximate surface area is 175 Å². The Balaban J connectivity index is 1.39. The first-order valence-electron chi connectivity index (χ1n) is 10.5. The molecule has 0 aliphatic carbocycles. The summed E-state index contributed by atoms with van der Waals surface area (Å²) in [4.78, 5) is 22.1. The number of carbonyl (C=O) groups is 1. The first-order chi connectivity index (χ1) is 14.6. The van der Waals surface area contributed by atoms with Crippen LogP contribution in [0, 0.1) is 18.8 Å². The van der Waals surface area contributed by atoms with Crippen LogP contribution in [0.5, 0.6) is 0 Å². The zero-order valence-electron chi connectivity index (χ0n) is 17.3. The highest BCUT2D eigenvalue weighted by molar-refractivity contribution is 5.92. The van der Waals surface area contributed by atoms with E-state index in [0.29, 0.717) is 35.8 Å². The molecule has 0 N–H and O–H groups in total. The van der Waals surface area contributed by atoms with Crippen molar-refractivity contribution in [1.82, 2.24) is 29.7 Å². The van der Waals surface area contributed by atoms with Gasteiger partial charge in [0, 0.05) is 38.3 Å². The van der Waals surface area contributed by atoms with Crippen LogP contribution in [-0.2, 0) is 13.1 Å². The van der Waals surface area contributed by atoms with Gasteiger partial charge < -0.3 is 9.42 Å². The summed E-state index contributed by atoms with van der Waals surface area (Å²) in [6.07, 6.45) is 1.87. The molecule has 8 nitrogen and oxygen atoms in total. The molecular formula is C22H26N6O2. The second-order valence-electron chi connectivity index (χ2n) is 8.22. The summed E-state index contributed by atoms with van der Waals surface area (Å²) in [5.41, 5.74) is 1.71. The van der Waals surface area contributed by atoms with E-state index >= 15 is 0 Å². The number of rotatable bonds is 5. The Morgan fingerprint density at radius 3 is 2.70 bits per heavy atom. The molecule has 3 aromatic rings. The molecule has 2 aromatic heterocycles. The third-order valence-corrected chi connectivity index (χ3v) is 6.25. The van der Waals surface area contributed by atoms with Crippen LogP contribution >= 0.6 is 0 Å². The summed E-state index contributed by atoms with van der Waals surface area (Å²) in [5.74, 6) is 2.12. The normalized spacial score (nSPS) is 23.8. The van der Waals surface area contributed by atoms with Crippen LogP contribution in [-0.4, -0.2) is 55.3 Å². The molecule has 2 aliphatic rings. The number of aromatic nitrogens is 4. The number of carbonyl (C=O) groups excluding carboxylic acids is 1. The van der Waals surface area contributed by atoms with Gasteiger partial charge in [-0.15, -0.1) is 0 Å². The number of aryl methyl sites for hydroxylation is 2. The fraction of sp³-hybridized carbons (Fsp3) is 0.455. The van der Waals surface area contributed by atoms with Crippen LogP contribution in [0.4, 0.5) is 0 Å². The van der Waals surface area contributed by atoms with E-state index in [4.69, 9.17) is 4.52 Å². The third-order valence-electron chi connectivity index (χ3n) is 6.25. The van der Waals surface area contributed by atoms with E-state index < -0.39 is 0 Å². The van der Waals surface area contributed by atoms with Gasteiger partial charge >= 0.3 is 0 Å². The monoisotopic (exact) mass is 406 g/mol. The molecule has 0 unspecified atom stereocenters. The van der Waals surface area contributed by atoms with Crippen molar-refractivity contribution in [3.63, 3.8) is 0 Å². The van der Waals surface area contributed by atoms with Gasteiger partial charge in [0.25, 0.3) is 5.91 Å². The predicted molar refractivity (Wildman–Crippen MR) is 109 cm³/mol. The summed E-state index contributed by atoms with van der Waals surface area (Å²) in [6.45, 7) is 7.83. The highest BCUT2D eigenvalue weighted by Gasteiger charge is 2.49. The van der Waals surface area contributed by atoms with Crippen molar-refractivity contribution >= 4 is 5.91 Å². The lowest BCUT2D eigenvalue weighted by Gasteiger charge is -2.29. The predicted octanol–water partition coefficient (Wildman–Crippen LogP) is 2.54. The van der Waals surface area contributed by atoms with Crippen LogP contribution in [0.3, 0.4) is 0 Å². The molecule has 1 aromatic carbocycles. The number of fused-ring (bicyclic) bond motifs is 1. The molecule has 2 aliphatic heterocycles. The van der Waals surface area contributed by atoms with Crippen LogP contribution in [0.15, 0.2) is 47.1 Å². The zero-order chi connectivity index (χ0) is 20.7. The SMILES string of the molecule is CCn1ccc(C(=O)N2C[C@@H]3CN(Cc4nc(C)no4)C[C@@H]3[C@@H]2c2ccccc2)n1. The van der Waals surface area contributed by atoms with Crippen LogP contribution in [0.1, 0.15) is 40.7 Å². The molecule has 5 rings (SSSR count). The van der Waals surface area contributed by atoms with Crippen molar-refractivity contribution < 1.29 is 9.32 Å². The third kappa shape index (κ3) is 3.41. The standard InChI is InChI=1S/C22H26N6O2/c1-3-27-10-9-19(24-27)22(29)28-12-17-11-26(14-20-23-15(2)25-30-20)13-18(17)21(28)16-7-5-4-6-8-16/h4-10,17-18,21H,3,11-14H2,1-2H3/t17-,18-,21-/m0/s1. The quantitative estimate of drug-likeness (QED) is 0.648. The van der Waals surface area contributed by atoms with Crippen molar-refractivity contribution in [2.24, 2.45) is 11.8 Å². The molecule has 2 saturated heterocycles. The zero-order valence-corrected chi connectivity index (χ0v) is 17.3. The Kier molecular flexibility index (Phi) is 4.86. The summed E-state index contributed by atoms with van der Waals surface area (Å²) in [7, 11) is 0. The average Bonchev–Trinajstić information content (AvgIpc) is 3.52. The smallest absolute Gasteiger partial charge is 0.274 e. The first kappa shape index (κ1) is 19.0. The molecule has 1 amide bonds. The largest absolute Gasteiger partial charge is 0.338 e. The van der Waals surface area contributed by atoms with Gasteiger partial charge in [-0.1, -0.05) is 35.5 Å². The van der Waals surface area contributed by atoms with E-state index in [0.717, 1.165) is 26.2 Å². The number of benzene rings is 1. The van der Waals surface area contributed by atoms with Gasteiger partial charge in [-0.05, 0) is 31.4 Å². The summed E-state index contributed by atoms with van der Waals surface area (Å²) in [5, 5.41) is 8.35. The Morgan fingerprint density at radius 1 is 1.17 bits per heavy atom. The molecule has 0 spiro atoms. The van der Waals surface area contributed by atoms with Crippen LogP contribution in [0.2, 0.25) is 0 Å². The molecule has 8 heteroatoms. The maximum Gasteiger partial charge on any atom is 0.274 e. The molecule has 3 atom stereocenters. The van der Waals surface area contributed by atoms with Gasteiger partial charge in [0.2, 0.25) is 5.89 Å². The van der Waals surface area contributed by atoms with Gasteiger partial charge in [0.1, 0.15) is 5.69 Å². The van der Waals surface area contributed by atoms with E-state index in [1.54, 1.807) is 4.68 Å². The Bertz CT molecular complexity index is 1030. The highest BCUT2D eigenvalue weighted by Crippen LogP contribution is 2.45. The average molecular weight is 406 g/mol. The number of amides is 1. The van der Waals surface area contributed by atoms with Crippen molar-refractivity contribution in [3.8, 4) is 0 Å². The van der Waals surface area contributed by atoms with Gasteiger partial charge in [-0.25, -0.2) is 0 Å². The second kappa shape index (κ2) is 7.68. The van der Waals surface area contributed by atoms with Crippen LogP contribution in [0.25, 0.3) is 0 Å². The fourth-order valence-corrected chi connectivity index (χ4v) is 4.95. The molecule has 0 radical (unpaired) electrons. The lowest BCUT2D eigenvalue weighted by Crippen LogP contribution is -2.36. The maximum absolute atomic E-state index is 13.4. The molecule has 30 heavy (non-hydrogen) atoms. The van der Waals surface area contributed by atoms with E-state index in [-0.39, 0.29) is 11.9 Å². The fourth-order valence-electron chi connectivity index (χ4n) is 4.95. The van der Waals surface area contributed by atoms with E-state index in [2.05, 4.69) is 32.3 Å². The summed E-state index contributed by atoms with van der Waals surface area (Å²) >= 11 is 0. The molecule has 156 valence electrons. The summed E-state index contributed by atoms with van der Waals surface area (Å²) in [6, 6.07) is 12.2. The van der Waals surface area contributed by atoms with Crippen molar-refractivity contribution in [2.45, 2.75) is 33.0 Å². The minimum absolute atomic E-state index is 0.0181. The molecular weight excluding hydrogens is 380 g/mol. The second-order valence-corrected chi connectivity index (χ2v) is 8.22. The molecule has 0 saturated carbocycles. The van der Waals surface area contributed by atoms with E-state index in [1.807, 2.05) is 49.2 Å². The number of nitrogens with zero attached hydrogens (tertiary/aromatic N) is 6. The van der Waals surface area contributed by atoms with Gasteiger partial charge in [-0.2, -0.15) is 10.1 Å². The number of hydrogen-bond acceptors (Lipinski definition) is 6. The van der Waals surface area contributed by atoms with Crippen molar-refractivity contribution in [2.75, 3.05) is 19.6 Å².